The van der Waals surface area contributed by atoms with Crippen LogP contribution in [0.5, 0.6) is 0 Å². The molecule has 8 heteroatoms. The second kappa shape index (κ2) is 13.4. The molecule has 11 rings (SSSR count). The van der Waals surface area contributed by atoms with Gasteiger partial charge in [-0.05, 0) is 58.7 Å². The van der Waals surface area contributed by atoms with Gasteiger partial charge in [-0.15, -0.1) is 22.7 Å². The summed E-state index contributed by atoms with van der Waals surface area (Å²) in [6.45, 7) is 0. The van der Waals surface area contributed by atoms with Gasteiger partial charge in [0.25, 0.3) is 0 Å². The third-order valence-electron chi connectivity index (χ3n) is 10.2. The minimum Gasteiger partial charge on any atom is -0.225 e. The fraction of sp³-hybridized carbons (Fsp3) is 0. The molecule has 0 saturated heterocycles. The number of aromatic nitrogens is 6. The maximum atomic E-state index is 5.23. The van der Waals surface area contributed by atoms with Crippen LogP contribution in [-0.2, 0) is 0 Å². The van der Waals surface area contributed by atoms with E-state index in [4.69, 9.17) is 15.0 Å². The van der Waals surface area contributed by atoms with Gasteiger partial charge in [0.2, 0.25) is 0 Å². The molecule has 11 aromatic rings. The molecule has 0 amide bonds. The summed E-state index contributed by atoms with van der Waals surface area (Å²) in [5.41, 5.74) is 8.07. The molecule has 56 heavy (non-hydrogen) atoms. The zero-order chi connectivity index (χ0) is 37.0. The molecule has 0 fully saturated rings. The van der Waals surface area contributed by atoms with E-state index in [0.717, 1.165) is 33.4 Å². The Kier molecular flexibility index (Phi) is 7.75. The van der Waals surface area contributed by atoms with Crippen LogP contribution < -0.4 is 0 Å². The van der Waals surface area contributed by atoms with Gasteiger partial charge in [0.15, 0.2) is 23.3 Å². The number of nitrogens with zero attached hydrogens (tertiary/aromatic N) is 6. The number of hydrogen-bond acceptors (Lipinski definition) is 8. The topological polar surface area (TPSA) is 77.3 Å². The quantitative estimate of drug-likeness (QED) is 0.168. The van der Waals surface area contributed by atoms with E-state index in [2.05, 4.69) is 118 Å². The van der Waals surface area contributed by atoms with Crippen molar-refractivity contribution in [1.29, 1.82) is 0 Å². The van der Waals surface area contributed by atoms with Gasteiger partial charge in [-0.25, -0.2) is 29.9 Å². The highest BCUT2D eigenvalue weighted by molar-refractivity contribution is 7.26. The second-order valence-electron chi connectivity index (χ2n) is 13.6. The molecule has 0 unspecified atom stereocenters. The van der Waals surface area contributed by atoms with Crippen molar-refractivity contribution in [3.8, 4) is 67.8 Å². The predicted molar refractivity (Wildman–Crippen MR) is 232 cm³/mol. The Hall–Kier alpha value is -7.00. The summed E-state index contributed by atoms with van der Waals surface area (Å²) < 4.78 is 5.06. The molecule has 4 heterocycles. The minimum atomic E-state index is 0.565. The zero-order valence-electron chi connectivity index (χ0n) is 29.7. The van der Waals surface area contributed by atoms with Crippen molar-refractivity contribution < 1.29 is 0 Å². The lowest BCUT2D eigenvalue weighted by atomic mass is 9.94. The van der Waals surface area contributed by atoms with Crippen LogP contribution in [0, 0.1) is 0 Å². The number of rotatable bonds is 6. The van der Waals surface area contributed by atoms with Gasteiger partial charge in [0.1, 0.15) is 12.7 Å². The van der Waals surface area contributed by atoms with Crippen LogP contribution in [0.3, 0.4) is 0 Å². The summed E-state index contributed by atoms with van der Waals surface area (Å²) in [6, 6.07) is 55.5. The SMILES string of the molecule is c1ccc(-c2nc(-c3cccc(-c4ncncn4)c3)nc(-c3cc(-c4cccc5c4sc4ccccc45)cc(-c4cccc5c4sc4ccccc45)c3)n2)cc1. The van der Waals surface area contributed by atoms with Crippen molar-refractivity contribution in [1.82, 2.24) is 29.9 Å². The van der Waals surface area contributed by atoms with E-state index in [1.54, 1.807) is 0 Å². The average Bonchev–Trinajstić information content (AvgIpc) is 3.86. The van der Waals surface area contributed by atoms with Gasteiger partial charge in [-0.3, -0.25) is 0 Å². The summed E-state index contributed by atoms with van der Waals surface area (Å²) in [5, 5.41) is 5.06. The van der Waals surface area contributed by atoms with Gasteiger partial charge in [-0.2, -0.15) is 0 Å². The first-order valence-electron chi connectivity index (χ1n) is 18.2. The first-order chi connectivity index (χ1) is 27.7. The molecule has 0 aliphatic rings. The highest BCUT2D eigenvalue weighted by atomic mass is 32.1. The van der Waals surface area contributed by atoms with Crippen molar-refractivity contribution in [2.24, 2.45) is 0 Å². The monoisotopic (exact) mass is 752 g/mol. The third-order valence-corrected chi connectivity index (χ3v) is 12.6. The Bertz CT molecular complexity index is 3130. The smallest absolute Gasteiger partial charge is 0.164 e. The third kappa shape index (κ3) is 5.62. The summed E-state index contributed by atoms with van der Waals surface area (Å²) in [5.74, 6) is 2.34. The summed E-state index contributed by atoms with van der Waals surface area (Å²) >= 11 is 3.68. The summed E-state index contributed by atoms with van der Waals surface area (Å²) in [7, 11) is 0. The Morgan fingerprint density at radius 1 is 0.321 bits per heavy atom. The normalized spacial score (nSPS) is 11.6. The molecular formula is C48H28N6S2. The van der Waals surface area contributed by atoms with Gasteiger partial charge in [0.05, 0.1) is 0 Å². The van der Waals surface area contributed by atoms with Crippen LogP contribution in [0.1, 0.15) is 0 Å². The van der Waals surface area contributed by atoms with E-state index < -0.39 is 0 Å². The van der Waals surface area contributed by atoms with Crippen LogP contribution in [0.4, 0.5) is 0 Å². The molecule has 7 aromatic carbocycles. The zero-order valence-corrected chi connectivity index (χ0v) is 31.3. The maximum Gasteiger partial charge on any atom is 0.164 e. The Labute approximate surface area is 329 Å². The van der Waals surface area contributed by atoms with Crippen LogP contribution >= 0.6 is 22.7 Å². The molecule has 0 aliphatic heterocycles. The Balaban J connectivity index is 1.17. The Morgan fingerprint density at radius 2 is 0.750 bits per heavy atom. The van der Waals surface area contributed by atoms with Gasteiger partial charge < -0.3 is 0 Å². The molecule has 0 bridgehead atoms. The van der Waals surface area contributed by atoms with E-state index >= 15 is 0 Å². The number of thiophene rings is 2. The van der Waals surface area contributed by atoms with Crippen LogP contribution in [-0.4, -0.2) is 29.9 Å². The van der Waals surface area contributed by atoms with E-state index in [0.29, 0.717) is 23.3 Å². The molecule has 0 radical (unpaired) electrons. The molecule has 0 saturated carbocycles. The highest BCUT2D eigenvalue weighted by Gasteiger charge is 2.19. The molecule has 0 atom stereocenters. The number of hydrogen-bond donors (Lipinski definition) is 0. The van der Waals surface area contributed by atoms with E-state index in [-0.39, 0.29) is 0 Å². The van der Waals surface area contributed by atoms with Crippen molar-refractivity contribution >= 4 is 63.0 Å². The van der Waals surface area contributed by atoms with Crippen LogP contribution in [0.25, 0.3) is 108 Å². The number of benzene rings is 7. The summed E-state index contributed by atoms with van der Waals surface area (Å²) in [4.78, 5) is 28.3. The van der Waals surface area contributed by atoms with Crippen LogP contribution in [0.2, 0.25) is 0 Å². The van der Waals surface area contributed by atoms with Gasteiger partial charge >= 0.3 is 0 Å². The molecule has 0 spiro atoms. The average molecular weight is 753 g/mol. The number of fused-ring (bicyclic) bond motifs is 6. The lowest BCUT2D eigenvalue weighted by Crippen LogP contribution is -2.01. The first kappa shape index (κ1) is 32.4. The van der Waals surface area contributed by atoms with Crippen molar-refractivity contribution in [3.05, 3.63) is 170 Å². The predicted octanol–water partition coefficient (Wildman–Crippen LogP) is 12.8. The van der Waals surface area contributed by atoms with Crippen molar-refractivity contribution in [2.45, 2.75) is 0 Å². The van der Waals surface area contributed by atoms with Gasteiger partial charge in [0, 0.05) is 62.6 Å². The first-order valence-corrected chi connectivity index (χ1v) is 19.9. The highest BCUT2D eigenvalue weighted by Crippen LogP contribution is 2.44. The molecule has 6 nitrogen and oxygen atoms in total. The molecular weight excluding hydrogens is 725 g/mol. The fourth-order valence-electron chi connectivity index (χ4n) is 7.55. The molecule has 262 valence electrons. The summed E-state index contributed by atoms with van der Waals surface area (Å²) in [6.07, 6.45) is 3.01. The minimum absolute atomic E-state index is 0.565. The largest absolute Gasteiger partial charge is 0.225 e. The van der Waals surface area contributed by atoms with Crippen molar-refractivity contribution in [2.75, 3.05) is 0 Å². The fourth-order valence-corrected chi connectivity index (χ4v) is 10.0. The van der Waals surface area contributed by atoms with E-state index in [1.165, 1.54) is 64.1 Å². The van der Waals surface area contributed by atoms with E-state index in [9.17, 15) is 0 Å². The lowest BCUT2D eigenvalue weighted by molar-refractivity contribution is 1.05. The second-order valence-corrected chi connectivity index (χ2v) is 15.7. The molecule has 0 aliphatic carbocycles. The standard InChI is InChI=1S/C48H28N6S2/c1-2-11-29(12-3-1)46-52-47(31-14-8-13-30(23-31)45-50-27-49-28-51-45)54-48(53-46)34-25-32(35-17-9-19-39-37-15-4-6-21-41(37)55-43(35)39)24-33(26-34)36-18-10-20-40-38-16-5-7-22-42(38)56-44(36)40/h1-28H. The van der Waals surface area contributed by atoms with Gasteiger partial charge in [-0.1, -0.05) is 121 Å². The van der Waals surface area contributed by atoms with Crippen LogP contribution in [0.15, 0.2) is 170 Å². The van der Waals surface area contributed by atoms with E-state index in [1.807, 2.05) is 77.3 Å². The molecule has 4 aromatic heterocycles. The van der Waals surface area contributed by atoms with Crippen molar-refractivity contribution in [3.63, 3.8) is 0 Å². The molecule has 0 N–H and O–H groups in total. The maximum absolute atomic E-state index is 5.23. The lowest BCUT2D eigenvalue weighted by Gasteiger charge is -2.13. The Morgan fingerprint density at radius 3 is 1.36 bits per heavy atom.